The van der Waals surface area contributed by atoms with Crippen LogP contribution >= 0.6 is 0 Å². The fraction of sp³-hybridized carbons (Fsp3) is 0.600. The molecule has 1 rings (SSSR count). The molecule has 0 aliphatic carbocycles. The summed E-state index contributed by atoms with van der Waals surface area (Å²) in [7, 11) is 1.88. The lowest BCUT2D eigenvalue weighted by molar-refractivity contribution is -0.117. The van der Waals surface area contributed by atoms with Gasteiger partial charge in [-0.3, -0.25) is 9.48 Å². The van der Waals surface area contributed by atoms with Crippen molar-refractivity contribution in [3.8, 4) is 0 Å². The van der Waals surface area contributed by atoms with Crippen molar-refractivity contribution in [3.63, 3.8) is 0 Å². The third-order valence-electron chi connectivity index (χ3n) is 3.54. The van der Waals surface area contributed by atoms with Gasteiger partial charge in [-0.1, -0.05) is 13.8 Å². The predicted octanol–water partition coefficient (Wildman–Crippen LogP) is 1.57. The average Bonchev–Trinajstić information content (AvgIpc) is 2.60. The Morgan fingerprint density at radius 2 is 2.10 bits per heavy atom. The minimum Gasteiger partial charge on any atom is -0.396 e. The largest absolute Gasteiger partial charge is 0.396 e. The van der Waals surface area contributed by atoms with Crippen LogP contribution in [0.25, 0.3) is 6.08 Å². The first-order valence-electron chi connectivity index (χ1n) is 6.96. The highest BCUT2D eigenvalue weighted by Gasteiger charge is 2.14. The zero-order chi connectivity index (χ0) is 15.3. The zero-order valence-corrected chi connectivity index (χ0v) is 13.0. The molecular weight excluding hydrogens is 254 g/mol. The van der Waals surface area contributed by atoms with Crippen molar-refractivity contribution in [2.45, 2.75) is 40.2 Å². The molecule has 0 aromatic carbocycles. The second kappa shape index (κ2) is 7.24. The van der Waals surface area contributed by atoms with Gasteiger partial charge in [0.15, 0.2) is 0 Å². The maximum Gasteiger partial charge on any atom is 0.244 e. The molecule has 1 aromatic heterocycles. The minimum atomic E-state index is -0.139. The standard InChI is InChI=1S/C15H25N3O2/c1-10(2)14(8-9-19)16-15(20)7-6-13-11(3)17-18(5)12(13)4/h6-7,10,14,19H,8-9H2,1-5H3,(H,16,20)/b7-6+. The first kappa shape index (κ1) is 16.4. The van der Waals surface area contributed by atoms with Crippen LogP contribution in [-0.4, -0.2) is 33.4 Å². The molecule has 1 unspecified atom stereocenters. The second-order valence-corrected chi connectivity index (χ2v) is 5.41. The number of aryl methyl sites for hydroxylation is 2. The highest BCUT2D eigenvalue weighted by molar-refractivity contribution is 5.92. The van der Waals surface area contributed by atoms with Gasteiger partial charge in [-0.15, -0.1) is 0 Å². The molecule has 0 aliphatic rings. The number of aliphatic hydroxyl groups is 1. The van der Waals surface area contributed by atoms with Gasteiger partial charge in [-0.25, -0.2) is 0 Å². The number of nitrogens with zero attached hydrogens (tertiary/aromatic N) is 2. The molecule has 0 spiro atoms. The van der Waals surface area contributed by atoms with Crippen LogP contribution in [0.15, 0.2) is 6.08 Å². The molecule has 1 atom stereocenters. The fourth-order valence-electron chi connectivity index (χ4n) is 2.13. The van der Waals surface area contributed by atoms with Crippen LogP contribution in [-0.2, 0) is 11.8 Å². The van der Waals surface area contributed by atoms with Crippen molar-refractivity contribution in [3.05, 3.63) is 23.0 Å². The number of rotatable bonds is 6. The Balaban J connectivity index is 2.72. The van der Waals surface area contributed by atoms with Crippen molar-refractivity contribution in [1.29, 1.82) is 0 Å². The lowest BCUT2D eigenvalue weighted by Crippen LogP contribution is -2.38. The SMILES string of the molecule is Cc1nn(C)c(C)c1/C=C/C(=O)NC(CCO)C(C)C. The van der Waals surface area contributed by atoms with Gasteiger partial charge >= 0.3 is 0 Å². The maximum atomic E-state index is 11.9. The molecule has 5 heteroatoms. The number of carbonyl (C=O) groups excluding carboxylic acids is 1. The van der Waals surface area contributed by atoms with Crippen molar-refractivity contribution >= 4 is 12.0 Å². The van der Waals surface area contributed by atoms with Gasteiger partial charge in [-0.2, -0.15) is 5.10 Å². The Kier molecular flexibility index (Phi) is 5.95. The molecule has 0 saturated carbocycles. The summed E-state index contributed by atoms with van der Waals surface area (Å²) in [6.45, 7) is 8.03. The van der Waals surface area contributed by atoms with E-state index in [0.717, 1.165) is 17.0 Å². The van der Waals surface area contributed by atoms with E-state index >= 15 is 0 Å². The molecular formula is C15H25N3O2. The topological polar surface area (TPSA) is 67.2 Å². The Hall–Kier alpha value is -1.62. The van der Waals surface area contributed by atoms with Crippen LogP contribution in [0.4, 0.5) is 0 Å². The quantitative estimate of drug-likeness (QED) is 0.777. The van der Waals surface area contributed by atoms with E-state index < -0.39 is 0 Å². The number of carbonyl (C=O) groups is 1. The molecule has 0 aliphatic heterocycles. The molecule has 1 amide bonds. The van der Waals surface area contributed by atoms with Gasteiger partial charge in [0.05, 0.1) is 5.69 Å². The van der Waals surface area contributed by atoms with Crippen molar-refractivity contribution in [1.82, 2.24) is 15.1 Å². The van der Waals surface area contributed by atoms with Crippen LogP contribution in [0.1, 0.15) is 37.2 Å². The zero-order valence-electron chi connectivity index (χ0n) is 13.0. The summed E-state index contributed by atoms with van der Waals surface area (Å²) in [5, 5.41) is 16.2. The average molecular weight is 279 g/mol. The van der Waals surface area contributed by atoms with E-state index in [1.54, 1.807) is 10.8 Å². The Labute approximate surface area is 120 Å². The highest BCUT2D eigenvalue weighted by atomic mass is 16.3. The van der Waals surface area contributed by atoms with Gasteiger partial charge in [-0.05, 0) is 32.3 Å². The number of amides is 1. The van der Waals surface area contributed by atoms with E-state index in [4.69, 9.17) is 5.11 Å². The molecule has 2 N–H and O–H groups in total. The van der Waals surface area contributed by atoms with E-state index in [1.165, 1.54) is 6.08 Å². The Bertz CT molecular complexity index is 490. The summed E-state index contributed by atoms with van der Waals surface area (Å²) in [6.07, 6.45) is 3.90. The minimum absolute atomic E-state index is 0.00626. The molecule has 0 radical (unpaired) electrons. The van der Waals surface area contributed by atoms with Crippen molar-refractivity contribution in [2.75, 3.05) is 6.61 Å². The number of nitrogens with one attached hydrogen (secondary N) is 1. The first-order chi connectivity index (χ1) is 9.36. The summed E-state index contributed by atoms with van der Waals surface area (Å²) in [5.74, 6) is 0.154. The highest BCUT2D eigenvalue weighted by Crippen LogP contribution is 2.13. The fourth-order valence-corrected chi connectivity index (χ4v) is 2.13. The van der Waals surface area contributed by atoms with Gasteiger partial charge < -0.3 is 10.4 Å². The summed E-state index contributed by atoms with van der Waals surface area (Å²) in [5.41, 5.74) is 2.91. The van der Waals surface area contributed by atoms with Crippen LogP contribution in [0.5, 0.6) is 0 Å². The van der Waals surface area contributed by atoms with Gasteiger partial charge in [0.1, 0.15) is 0 Å². The molecule has 20 heavy (non-hydrogen) atoms. The van der Waals surface area contributed by atoms with Crippen LogP contribution in [0, 0.1) is 19.8 Å². The van der Waals surface area contributed by atoms with Crippen LogP contribution < -0.4 is 5.32 Å². The lowest BCUT2D eigenvalue weighted by Gasteiger charge is -2.20. The van der Waals surface area contributed by atoms with Crippen LogP contribution in [0.2, 0.25) is 0 Å². The van der Waals surface area contributed by atoms with Gasteiger partial charge in [0.25, 0.3) is 0 Å². The van der Waals surface area contributed by atoms with Crippen molar-refractivity contribution in [2.24, 2.45) is 13.0 Å². The molecule has 5 nitrogen and oxygen atoms in total. The summed E-state index contributed by atoms with van der Waals surface area (Å²) in [4.78, 5) is 11.9. The van der Waals surface area contributed by atoms with E-state index in [0.29, 0.717) is 12.3 Å². The third-order valence-corrected chi connectivity index (χ3v) is 3.54. The Morgan fingerprint density at radius 1 is 1.45 bits per heavy atom. The van der Waals surface area contributed by atoms with E-state index in [1.807, 2.05) is 34.7 Å². The third kappa shape index (κ3) is 4.20. The van der Waals surface area contributed by atoms with Crippen molar-refractivity contribution < 1.29 is 9.90 Å². The number of aliphatic hydroxyl groups excluding tert-OH is 1. The smallest absolute Gasteiger partial charge is 0.244 e. The molecule has 112 valence electrons. The first-order valence-corrected chi connectivity index (χ1v) is 6.96. The van der Waals surface area contributed by atoms with Gasteiger partial charge in [0, 0.05) is 37.0 Å². The number of hydrogen-bond donors (Lipinski definition) is 2. The summed E-state index contributed by atoms with van der Waals surface area (Å²) in [6, 6.07) is -0.00626. The number of aromatic nitrogens is 2. The molecule has 1 aromatic rings. The van der Waals surface area contributed by atoms with E-state index in [9.17, 15) is 4.79 Å². The summed E-state index contributed by atoms with van der Waals surface area (Å²) < 4.78 is 1.80. The lowest BCUT2D eigenvalue weighted by atomic mass is 10.0. The van der Waals surface area contributed by atoms with E-state index in [-0.39, 0.29) is 18.6 Å². The molecule has 1 heterocycles. The second-order valence-electron chi connectivity index (χ2n) is 5.41. The molecule has 0 bridgehead atoms. The summed E-state index contributed by atoms with van der Waals surface area (Å²) >= 11 is 0. The predicted molar refractivity (Wildman–Crippen MR) is 80.2 cm³/mol. The molecule has 0 saturated heterocycles. The van der Waals surface area contributed by atoms with E-state index in [2.05, 4.69) is 10.4 Å². The Morgan fingerprint density at radius 3 is 2.55 bits per heavy atom. The van der Waals surface area contributed by atoms with Gasteiger partial charge in [0.2, 0.25) is 5.91 Å². The molecule has 0 fully saturated rings. The van der Waals surface area contributed by atoms with Crippen LogP contribution in [0.3, 0.4) is 0 Å². The maximum absolute atomic E-state index is 11.9. The normalized spacial score (nSPS) is 13.2. The monoisotopic (exact) mass is 279 g/mol. The number of hydrogen-bond acceptors (Lipinski definition) is 3.